The Bertz CT molecular complexity index is 1410. The van der Waals surface area contributed by atoms with Crippen molar-refractivity contribution in [3.05, 3.63) is 101 Å². The maximum atomic E-state index is 13.6. The molecule has 2 amide bonds. The molecule has 42 heavy (non-hydrogen) atoms. The maximum absolute atomic E-state index is 13.6. The molecule has 0 bridgehead atoms. The van der Waals surface area contributed by atoms with Crippen molar-refractivity contribution in [2.75, 3.05) is 18.0 Å². The molecule has 0 aromatic heterocycles. The summed E-state index contributed by atoms with van der Waals surface area (Å²) in [5, 5.41) is 3.12. The van der Waals surface area contributed by atoms with Gasteiger partial charge in [-0.2, -0.15) is 0 Å². The molecule has 0 saturated heterocycles. The Balaban J connectivity index is 1.24. The van der Waals surface area contributed by atoms with Crippen LogP contribution >= 0.6 is 0 Å². The first-order valence-corrected chi connectivity index (χ1v) is 15.4. The number of para-hydroxylation sites is 2. The van der Waals surface area contributed by atoms with E-state index in [2.05, 4.69) is 30.1 Å². The largest absolute Gasteiger partial charge is 0.449 e. The fourth-order valence-corrected chi connectivity index (χ4v) is 6.10. The number of rotatable bonds is 10. The summed E-state index contributed by atoms with van der Waals surface area (Å²) in [4.78, 5) is 30.9. The minimum absolute atomic E-state index is 0.0785. The van der Waals surface area contributed by atoms with Crippen molar-refractivity contribution >= 4 is 23.6 Å². The summed E-state index contributed by atoms with van der Waals surface area (Å²) in [7, 11) is 0. The number of nitrogens with one attached hydrogen (secondary N) is 1. The molecule has 220 valence electrons. The highest BCUT2D eigenvalue weighted by molar-refractivity contribution is 6.09. The number of nitrogens with zero attached hydrogens (tertiary/aromatic N) is 2. The Morgan fingerprint density at radius 2 is 1.81 bits per heavy atom. The Labute approximate surface area is 250 Å². The highest BCUT2D eigenvalue weighted by Crippen LogP contribution is 2.36. The molecule has 1 aliphatic heterocycles. The molecule has 3 aromatic rings. The predicted octanol–water partition coefficient (Wildman–Crippen LogP) is 7.12. The van der Waals surface area contributed by atoms with Gasteiger partial charge in [-0.25, -0.2) is 0 Å². The number of aryl methyl sites for hydroxylation is 1. The summed E-state index contributed by atoms with van der Waals surface area (Å²) in [6, 6.07) is 24.3. The molecule has 1 aliphatic carbocycles. The summed E-state index contributed by atoms with van der Waals surface area (Å²) in [5.74, 6) is 0.629. The van der Waals surface area contributed by atoms with E-state index in [1.165, 1.54) is 32.1 Å². The molecule has 0 unspecified atom stereocenters. The number of hydrogen-bond donors (Lipinski definition) is 1. The van der Waals surface area contributed by atoms with Gasteiger partial charge in [0.1, 0.15) is 0 Å². The fraction of sp³-hybridized carbons (Fsp3) is 0.389. The van der Waals surface area contributed by atoms with Gasteiger partial charge in [0, 0.05) is 30.7 Å². The second-order valence-electron chi connectivity index (χ2n) is 11.6. The SMILES string of the molecule is CC[C@H](C)N(CCNC(=O)c1ccc(/C=C2/Oc3ccccc3N(Cc3cccc(C)c3)C2=O)cc1)C1CCCCC1. The first-order valence-electron chi connectivity index (χ1n) is 15.4. The number of ether oxygens (including phenoxy) is 1. The zero-order valence-electron chi connectivity index (χ0n) is 25.1. The zero-order chi connectivity index (χ0) is 29.5. The molecule has 6 heteroatoms. The van der Waals surface area contributed by atoms with Gasteiger partial charge >= 0.3 is 0 Å². The molecule has 1 heterocycles. The molecule has 3 aromatic carbocycles. The maximum Gasteiger partial charge on any atom is 0.294 e. The van der Waals surface area contributed by atoms with Crippen LogP contribution in [-0.2, 0) is 11.3 Å². The van der Waals surface area contributed by atoms with Gasteiger partial charge in [-0.3, -0.25) is 19.4 Å². The number of hydrogen-bond acceptors (Lipinski definition) is 4. The van der Waals surface area contributed by atoms with Gasteiger partial charge in [-0.15, -0.1) is 0 Å². The van der Waals surface area contributed by atoms with E-state index in [9.17, 15) is 9.59 Å². The summed E-state index contributed by atoms with van der Waals surface area (Å²) in [6.07, 6.45) is 9.34. The topological polar surface area (TPSA) is 61.9 Å². The lowest BCUT2D eigenvalue weighted by molar-refractivity contribution is -0.117. The van der Waals surface area contributed by atoms with Crippen LogP contribution in [0.1, 0.15) is 79.4 Å². The molecular formula is C36H43N3O3. The molecule has 1 atom stereocenters. The van der Waals surface area contributed by atoms with Crippen molar-refractivity contribution < 1.29 is 14.3 Å². The minimum atomic E-state index is -0.194. The van der Waals surface area contributed by atoms with E-state index in [4.69, 9.17) is 4.74 Å². The third-order valence-corrected chi connectivity index (χ3v) is 8.58. The van der Waals surface area contributed by atoms with Gasteiger partial charge in [-0.05, 0) is 74.6 Å². The average molecular weight is 566 g/mol. The van der Waals surface area contributed by atoms with Crippen LogP contribution in [0.15, 0.2) is 78.6 Å². The lowest BCUT2D eigenvalue weighted by atomic mass is 9.93. The van der Waals surface area contributed by atoms with E-state index in [1.807, 2.05) is 61.5 Å². The van der Waals surface area contributed by atoms with Crippen molar-refractivity contribution in [3.8, 4) is 5.75 Å². The number of anilines is 1. The number of benzene rings is 3. The van der Waals surface area contributed by atoms with Crippen LogP contribution in [0.2, 0.25) is 0 Å². The first kappa shape index (κ1) is 29.6. The van der Waals surface area contributed by atoms with E-state index < -0.39 is 0 Å². The Morgan fingerprint density at radius 1 is 1.05 bits per heavy atom. The number of amides is 2. The molecule has 2 aliphatic rings. The lowest BCUT2D eigenvalue weighted by Gasteiger charge is -2.38. The summed E-state index contributed by atoms with van der Waals surface area (Å²) >= 11 is 0. The molecule has 0 spiro atoms. The standard InChI is InChI=1S/C36H43N3O3/c1-4-27(3)38(31-13-6-5-7-14-31)22-21-37-35(40)30-19-17-28(18-20-30)24-34-36(41)39(25-29-12-10-11-26(2)23-29)32-15-8-9-16-33(32)42-34/h8-12,15-20,23-24,27,31H,4-7,13-14,21-22,25H2,1-3H3,(H,37,40)/b34-24+/t27-/m0/s1. The number of carbonyl (C=O) groups excluding carboxylic acids is 2. The van der Waals surface area contributed by atoms with Crippen molar-refractivity contribution in [1.29, 1.82) is 0 Å². The van der Waals surface area contributed by atoms with E-state index in [0.717, 1.165) is 35.3 Å². The van der Waals surface area contributed by atoms with Crippen molar-refractivity contribution in [2.24, 2.45) is 0 Å². The van der Waals surface area contributed by atoms with Gasteiger partial charge in [0.25, 0.3) is 11.8 Å². The Morgan fingerprint density at radius 3 is 2.55 bits per heavy atom. The highest BCUT2D eigenvalue weighted by atomic mass is 16.5. The first-order chi connectivity index (χ1) is 20.4. The third-order valence-electron chi connectivity index (χ3n) is 8.58. The van der Waals surface area contributed by atoms with E-state index in [1.54, 1.807) is 23.1 Å². The summed E-state index contributed by atoms with van der Waals surface area (Å²) < 4.78 is 6.06. The molecule has 0 radical (unpaired) electrons. The van der Waals surface area contributed by atoms with Crippen LogP contribution in [0.25, 0.3) is 6.08 Å². The molecule has 6 nitrogen and oxygen atoms in total. The molecule has 5 rings (SSSR count). The quantitative estimate of drug-likeness (QED) is 0.266. The van der Waals surface area contributed by atoms with Crippen LogP contribution in [-0.4, -0.2) is 41.9 Å². The van der Waals surface area contributed by atoms with E-state index >= 15 is 0 Å². The van der Waals surface area contributed by atoms with Crippen LogP contribution in [0, 0.1) is 6.92 Å². The van der Waals surface area contributed by atoms with E-state index in [0.29, 0.717) is 36.5 Å². The minimum Gasteiger partial charge on any atom is -0.449 e. The van der Waals surface area contributed by atoms with Crippen molar-refractivity contribution in [2.45, 2.75) is 77.9 Å². The Hall–Kier alpha value is -3.90. The van der Waals surface area contributed by atoms with Crippen LogP contribution in [0.3, 0.4) is 0 Å². The summed E-state index contributed by atoms with van der Waals surface area (Å²) in [6.45, 7) is 8.53. The predicted molar refractivity (Wildman–Crippen MR) is 170 cm³/mol. The normalized spacial score (nSPS) is 17.2. The molecule has 1 N–H and O–H groups in total. The van der Waals surface area contributed by atoms with Gasteiger partial charge in [0.15, 0.2) is 11.5 Å². The molecular weight excluding hydrogens is 522 g/mol. The second kappa shape index (κ2) is 13.8. The van der Waals surface area contributed by atoms with Crippen molar-refractivity contribution in [3.63, 3.8) is 0 Å². The number of fused-ring (bicyclic) bond motifs is 1. The molecule has 1 fully saturated rings. The highest BCUT2D eigenvalue weighted by Gasteiger charge is 2.30. The zero-order valence-corrected chi connectivity index (χ0v) is 25.1. The second-order valence-corrected chi connectivity index (χ2v) is 11.6. The van der Waals surface area contributed by atoms with Crippen LogP contribution < -0.4 is 15.0 Å². The van der Waals surface area contributed by atoms with Crippen molar-refractivity contribution in [1.82, 2.24) is 10.2 Å². The number of carbonyl (C=O) groups is 2. The third kappa shape index (κ3) is 7.11. The van der Waals surface area contributed by atoms with Crippen LogP contribution in [0.4, 0.5) is 5.69 Å². The van der Waals surface area contributed by atoms with Gasteiger partial charge < -0.3 is 10.1 Å². The van der Waals surface area contributed by atoms with Gasteiger partial charge in [0.05, 0.1) is 12.2 Å². The Kier molecular flexibility index (Phi) is 9.75. The smallest absolute Gasteiger partial charge is 0.294 e. The summed E-state index contributed by atoms with van der Waals surface area (Å²) in [5.41, 5.74) is 4.36. The fourth-order valence-electron chi connectivity index (χ4n) is 6.10. The van der Waals surface area contributed by atoms with Gasteiger partial charge in [0.2, 0.25) is 0 Å². The van der Waals surface area contributed by atoms with Crippen LogP contribution in [0.5, 0.6) is 5.75 Å². The van der Waals surface area contributed by atoms with E-state index in [-0.39, 0.29) is 17.6 Å². The van der Waals surface area contributed by atoms with Gasteiger partial charge in [-0.1, -0.05) is 80.3 Å². The monoisotopic (exact) mass is 565 g/mol. The molecule has 1 saturated carbocycles. The lowest BCUT2D eigenvalue weighted by Crippen LogP contribution is -2.46. The average Bonchev–Trinajstić information content (AvgIpc) is 3.01.